The van der Waals surface area contributed by atoms with E-state index < -0.39 is 10.0 Å². The highest BCUT2D eigenvalue weighted by atomic mass is 35.5. The van der Waals surface area contributed by atoms with Gasteiger partial charge in [0.2, 0.25) is 10.0 Å². The quantitative estimate of drug-likeness (QED) is 0.550. The van der Waals surface area contributed by atoms with Crippen LogP contribution in [0.15, 0.2) is 29.2 Å². The zero-order valence-corrected chi connectivity index (χ0v) is 16.6. The van der Waals surface area contributed by atoms with Crippen LogP contribution in [0, 0.1) is 0 Å². The minimum Gasteiger partial charge on any atom is -0.383 e. The van der Waals surface area contributed by atoms with Gasteiger partial charge in [0.25, 0.3) is 5.91 Å². The molecule has 144 valence electrons. The summed E-state index contributed by atoms with van der Waals surface area (Å²) in [4.78, 5) is 14.0. The summed E-state index contributed by atoms with van der Waals surface area (Å²) in [6.45, 7) is 7.10. The maximum Gasteiger partial charge on any atom is 0.253 e. The monoisotopic (exact) mass is 393 g/mol. The molecule has 0 bridgehead atoms. The van der Waals surface area contributed by atoms with E-state index in [-0.39, 0.29) is 29.8 Å². The summed E-state index contributed by atoms with van der Waals surface area (Å²) in [7, 11) is -1.96. The standard InChI is InChI=1S/C16H27N3O4S.ClH/c1-4-19(5-2)16(20)14-6-8-15(9-7-14)24(21,22)18-11-10-17-12-13-23-3;/h6-9,17-18H,4-5,10-13H2,1-3H3;1H. The molecule has 0 saturated carbocycles. The van der Waals surface area contributed by atoms with E-state index in [0.717, 1.165) is 0 Å². The number of sulfonamides is 1. The highest BCUT2D eigenvalue weighted by Crippen LogP contribution is 2.12. The largest absolute Gasteiger partial charge is 0.383 e. The van der Waals surface area contributed by atoms with Crippen LogP contribution in [0.5, 0.6) is 0 Å². The Balaban J connectivity index is 0.00000576. The zero-order valence-electron chi connectivity index (χ0n) is 14.9. The molecule has 9 heteroatoms. The number of hydrogen-bond acceptors (Lipinski definition) is 5. The number of ether oxygens (including phenoxy) is 1. The molecule has 1 amide bonds. The molecule has 0 atom stereocenters. The molecule has 0 aliphatic carbocycles. The lowest BCUT2D eigenvalue weighted by Gasteiger charge is -2.18. The van der Waals surface area contributed by atoms with Gasteiger partial charge in [-0.15, -0.1) is 12.4 Å². The molecule has 0 saturated heterocycles. The third-order valence-corrected chi connectivity index (χ3v) is 5.02. The van der Waals surface area contributed by atoms with Gasteiger partial charge in [0.1, 0.15) is 0 Å². The van der Waals surface area contributed by atoms with Crippen LogP contribution in [0.4, 0.5) is 0 Å². The summed E-state index contributed by atoms with van der Waals surface area (Å²) in [5.41, 5.74) is 0.485. The van der Waals surface area contributed by atoms with Crippen molar-refractivity contribution in [3.8, 4) is 0 Å². The number of halogens is 1. The van der Waals surface area contributed by atoms with Gasteiger partial charge in [-0.2, -0.15) is 0 Å². The van der Waals surface area contributed by atoms with Crippen molar-refractivity contribution in [3.63, 3.8) is 0 Å². The fourth-order valence-electron chi connectivity index (χ4n) is 2.13. The normalized spacial score (nSPS) is 11.0. The molecule has 25 heavy (non-hydrogen) atoms. The van der Waals surface area contributed by atoms with Crippen LogP contribution in [0.1, 0.15) is 24.2 Å². The highest BCUT2D eigenvalue weighted by Gasteiger charge is 2.16. The van der Waals surface area contributed by atoms with Gasteiger partial charge in [0.05, 0.1) is 11.5 Å². The van der Waals surface area contributed by atoms with Crippen molar-refractivity contribution in [2.45, 2.75) is 18.7 Å². The van der Waals surface area contributed by atoms with Crippen molar-refractivity contribution >= 4 is 28.3 Å². The SMILES string of the molecule is CCN(CC)C(=O)c1ccc(S(=O)(=O)NCCNCCOC)cc1.Cl. The lowest BCUT2D eigenvalue weighted by molar-refractivity contribution is 0.0773. The first-order valence-electron chi connectivity index (χ1n) is 8.04. The van der Waals surface area contributed by atoms with Crippen LogP contribution in [0.25, 0.3) is 0 Å². The van der Waals surface area contributed by atoms with Crippen molar-refractivity contribution in [3.05, 3.63) is 29.8 Å². The minimum absolute atomic E-state index is 0. The van der Waals surface area contributed by atoms with Crippen molar-refractivity contribution in [2.24, 2.45) is 0 Å². The number of methoxy groups -OCH3 is 1. The Labute approximate surface area is 156 Å². The van der Waals surface area contributed by atoms with Crippen molar-refractivity contribution < 1.29 is 17.9 Å². The third-order valence-electron chi connectivity index (χ3n) is 3.54. The van der Waals surface area contributed by atoms with Crippen molar-refractivity contribution in [1.29, 1.82) is 0 Å². The smallest absolute Gasteiger partial charge is 0.253 e. The first kappa shape index (κ1) is 23.8. The Morgan fingerprint density at radius 3 is 2.20 bits per heavy atom. The number of carbonyl (C=O) groups is 1. The van der Waals surface area contributed by atoms with E-state index in [0.29, 0.717) is 38.3 Å². The van der Waals surface area contributed by atoms with Crippen molar-refractivity contribution in [1.82, 2.24) is 14.9 Å². The Bertz CT molecular complexity index is 604. The molecule has 0 aromatic heterocycles. The second kappa shape index (κ2) is 12.2. The number of carbonyl (C=O) groups excluding carboxylic acids is 1. The summed E-state index contributed by atoms with van der Waals surface area (Å²) < 4.78 is 31.8. The van der Waals surface area contributed by atoms with E-state index in [1.807, 2.05) is 13.8 Å². The number of benzene rings is 1. The fraction of sp³-hybridized carbons (Fsp3) is 0.562. The van der Waals surface area contributed by atoms with Gasteiger partial charge in [-0.1, -0.05) is 0 Å². The molecule has 1 aromatic rings. The van der Waals surface area contributed by atoms with Crippen LogP contribution in [-0.4, -0.2) is 65.7 Å². The van der Waals surface area contributed by atoms with Crippen LogP contribution < -0.4 is 10.0 Å². The van der Waals surface area contributed by atoms with E-state index in [2.05, 4.69) is 10.0 Å². The van der Waals surface area contributed by atoms with E-state index in [1.165, 1.54) is 12.1 Å². The Kier molecular flexibility index (Phi) is 11.6. The number of rotatable bonds is 11. The molecular formula is C16H28ClN3O4S. The van der Waals surface area contributed by atoms with Gasteiger partial charge in [-0.05, 0) is 38.1 Å². The first-order chi connectivity index (χ1) is 11.5. The van der Waals surface area contributed by atoms with Crippen LogP contribution in [-0.2, 0) is 14.8 Å². The number of hydrogen-bond donors (Lipinski definition) is 2. The van der Waals surface area contributed by atoms with E-state index in [4.69, 9.17) is 4.74 Å². The molecule has 0 aliphatic rings. The van der Waals surface area contributed by atoms with E-state index >= 15 is 0 Å². The molecule has 0 heterocycles. The van der Waals surface area contributed by atoms with Crippen LogP contribution in [0.3, 0.4) is 0 Å². The molecule has 0 aliphatic heterocycles. The Morgan fingerprint density at radius 1 is 1.08 bits per heavy atom. The second-order valence-electron chi connectivity index (χ2n) is 5.14. The topological polar surface area (TPSA) is 87.7 Å². The maximum atomic E-state index is 12.2. The molecule has 7 nitrogen and oxygen atoms in total. The summed E-state index contributed by atoms with van der Waals surface area (Å²) in [6, 6.07) is 6.01. The van der Waals surface area contributed by atoms with E-state index in [9.17, 15) is 13.2 Å². The predicted octanol–water partition coefficient (Wildman–Crippen LogP) is 1.10. The molecule has 0 spiro atoms. The summed E-state index contributed by atoms with van der Waals surface area (Å²) in [5.74, 6) is -0.0979. The molecule has 0 unspecified atom stereocenters. The summed E-state index contributed by atoms with van der Waals surface area (Å²) >= 11 is 0. The van der Waals surface area contributed by atoms with Gasteiger partial charge < -0.3 is 15.0 Å². The second-order valence-corrected chi connectivity index (χ2v) is 6.91. The van der Waals surface area contributed by atoms with Gasteiger partial charge >= 0.3 is 0 Å². The first-order valence-corrected chi connectivity index (χ1v) is 9.53. The van der Waals surface area contributed by atoms with Gasteiger partial charge in [0, 0.05) is 45.4 Å². The molecular weight excluding hydrogens is 366 g/mol. The molecule has 0 radical (unpaired) electrons. The predicted molar refractivity (Wildman–Crippen MR) is 101 cm³/mol. The fourth-order valence-corrected chi connectivity index (χ4v) is 3.16. The summed E-state index contributed by atoms with van der Waals surface area (Å²) in [6.07, 6.45) is 0. The van der Waals surface area contributed by atoms with Gasteiger partial charge in [0.15, 0.2) is 0 Å². The van der Waals surface area contributed by atoms with E-state index in [1.54, 1.807) is 24.1 Å². The molecule has 0 fully saturated rings. The minimum atomic E-state index is -3.57. The van der Waals surface area contributed by atoms with Crippen LogP contribution in [0.2, 0.25) is 0 Å². The lowest BCUT2D eigenvalue weighted by Crippen LogP contribution is -2.33. The number of amides is 1. The van der Waals surface area contributed by atoms with Gasteiger partial charge in [-0.3, -0.25) is 4.79 Å². The average Bonchev–Trinajstić information content (AvgIpc) is 2.59. The number of nitrogens with one attached hydrogen (secondary N) is 2. The third kappa shape index (κ3) is 7.70. The Morgan fingerprint density at radius 2 is 1.68 bits per heavy atom. The average molecular weight is 394 g/mol. The highest BCUT2D eigenvalue weighted by molar-refractivity contribution is 7.89. The zero-order chi connectivity index (χ0) is 18.0. The van der Waals surface area contributed by atoms with Crippen LogP contribution >= 0.6 is 12.4 Å². The van der Waals surface area contributed by atoms with Crippen molar-refractivity contribution in [2.75, 3.05) is 46.4 Å². The molecule has 1 rings (SSSR count). The lowest BCUT2D eigenvalue weighted by atomic mass is 10.2. The maximum absolute atomic E-state index is 12.2. The molecule has 1 aromatic carbocycles. The summed E-state index contributed by atoms with van der Waals surface area (Å²) in [5, 5.41) is 3.06. The Hall–Kier alpha value is -1.19. The molecule has 2 N–H and O–H groups in total. The van der Waals surface area contributed by atoms with Gasteiger partial charge in [-0.25, -0.2) is 13.1 Å². The number of nitrogens with zero attached hydrogens (tertiary/aromatic N) is 1.